The highest BCUT2D eigenvalue weighted by Gasteiger charge is 2.09. The van der Waals surface area contributed by atoms with Gasteiger partial charge in [-0.1, -0.05) is 30.3 Å². The highest BCUT2D eigenvalue weighted by Crippen LogP contribution is 2.20. The zero-order chi connectivity index (χ0) is 21.9. The number of aliphatic imine (C=N–C) groups is 1. The van der Waals surface area contributed by atoms with Gasteiger partial charge in [-0.15, -0.1) is 10.2 Å². The molecular formula is C23H30N6O2. The number of aromatic nitrogens is 3. The quantitative estimate of drug-likeness (QED) is 0.297. The molecule has 1 aromatic heterocycles. The average molecular weight is 423 g/mol. The van der Waals surface area contributed by atoms with E-state index in [2.05, 4.69) is 44.9 Å². The number of hydrogen-bond acceptors (Lipinski definition) is 5. The zero-order valence-corrected chi connectivity index (χ0v) is 18.3. The van der Waals surface area contributed by atoms with E-state index in [0.717, 1.165) is 28.4 Å². The Kier molecular flexibility index (Phi) is 8.42. The lowest BCUT2D eigenvalue weighted by Crippen LogP contribution is -2.37. The highest BCUT2D eigenvalue weighted by atomic mass is 16.5. The molecule has 0 unspecified atom stereocenters. The number of para-hydroxylation sites is 1. The van der Waals surface area contributed by atoms with Crippen LogP contribution in [0.2, 0.25) is 0 Å². The molecule has 0 bridgehead atoms. The molecule has 0 saturated heterocycles. The maximum Gasteiger partial charge on any atom is 0.191 e. The summed E-state index contributed by atoms with van der Waals surface area (Å²) >= 11 is 0. The Morgan fingerprint density at radius 2 is 1.87 bits per heavy atom. The van der Waals surface area contributed by atoms with Crippen molar-refractivity contribution in [2.75, 3.05) is 26.9 Å². The number of aryl methyl sites for hydroxylation is 1. The Morgan fingerprint density at radius 3 is 2.65 bits per heavy atom. The Hall–Kier alpha value is -3.39. The Labute approximate surface area is 183 Å². The van der Waals surface area contributed by atoms with Crippen LogP contribution in [0.1, 0.15) is 23.9 Å². The van der Waals surface area contributed by atoms with Gasteiger partial charge in [-0.25, -0.2) is 0 Å². The first-order valence-electron chi connectivity index (χ1n) is 10.4. The van der Waals surface area contributed by atoms with E-state index in [-0.39, 0.29) is 0 Å². The molecule has 2 aromatic carbocycles. The van der Waals surface area contributed by atoms with Crippen LogP contribution < -0.4 is 15.4 Å². The van der Waals surface area contributed by atoms with Crippen molar-refractivity contribution in [3.8, 4) is 11.4 Å². The number of ether oxygens (including phenoxy) is 2. The summed E-state index contributed by atoms with van der Waals surface area (Å²) in [5.41, 5.74) is 3.22. The van der Waals surface area contributed by atoms with Crippen LogP contribution in [0, 0.1) is 6.92 Å². The van der Waals surface area contributed by atoms with Gasteiger partial charge >= 0.3 is 0 Å². The standard InChI is InChI=1S/C23H30N6O2/c1-4-30-12-13-31-21-14-18(2)10-11-19(21)15-25-23(24-3)26-16-22-28-27-17-29(22)20-8-6-5-7-9-20/h5-11,14,17H,4,12-13,15-16H2,1-3H3,(H2,24,25,26). The minimum Gasteiger partial charge on any atom is -0.491 e. The van der Waals surface area contributed by atoms with Gasteiger partial charge in [0.05, 0.1) is 13.2 Å². The molecule has 0 aliphatic heterocycles. The summed E-state index contributed by atoms with van der Waals surface area (Å²) in [6, 6.07) is 16.2. The Balaban J connectivity index is 1.58. The van der Waals surface area contributed by atoms with Crippen molar-refractivity contribution in [3.63, 3.8) is 0 Å². The lowest BCUT2D eigenvalue weighted by atomic mass is 10.1. The van der Waals surface area contributed by atoms with Crippen LogP contribution in [0.4, 0.5) is 0 Å². The average Bonchev–Trinajstić information content (AvgIpc) is 3.27. The second kappa shape index (κ2) is 11.7. The van der Waals surface area contributed by atoms with Crippen molar-refractivity contribution >= 4 is 5.96 Å². The monoisotopic (exact) mass is 422 g/mol. The van der Waals surface area contributed by atoms with Gasteiger partial charge in [-0.3, -0.25) is 9.56 Å². The van der Waals surface area contributed by atoms with Gasteiger partial charge in [-0.2, -0.15) is 0 Å². The molecule has 2 N–H and O–H groups in total. The molecule has 0 atom stereocenters. The number of nitrogens with zero attached hydrogens (tertiary/aromatic N) is 4. The minimum atomic E-state index is 0.486. The Bertz CT molecular complexity index is 971. The summed E-state index contributed by atoms with van der Waals surface area (Å²) in [5, 5.41) is 14.9. The maximum absolute atomic E-state index is 5.92. The SMILES string of the molecule is CCOCCOc1cc(C)ccc1CNC(=NC)NCc1nncn1-c1ccccc1. The van der Waals surface area contributed by atoms with E-state index in [4.69, 9.17) is 9.47 Å². The molecular weight excluding hydrogens is 392 g/mol. The fourth-order valence-electron chi connectivity index (χ4n) is 3.04. The zero-order valence-electron chi connectivity index (χ0n) is 18.3. The fourth-order valence-corrected chi connectivity index (χ4v) is 3.04. The number of guanidine groups is 1. The number of nitrogens with one attached hydrogen (secondary N) is 2. The normalized spacial score (nSPS) is 11.4. The van der Waals surface area contributed by atoms with Crippen LogP contribution >= 0.6 is 0 Å². The number of rotatable bonds is 10. The van der Waals surface area contributed by atoms with Crippen molar-refractivity contribution in [2.24, 2.45) is 4.99 Å². The molecule has 1 heterocycles. The summed E-state index contributed by atoms with van der Waals surface area (Å²) in [6.07, 6.45) is 1.71. The largest absolute Gasteiger partial charge is 0.491 e. The summed E-state index contributed by atoms with van der Waals surface area (Å²) in [7, 11) is 1.74. The second-order valence-corrected chi connectivity index (χ2v) is 6.89. The summed E-state index contributed by atoms with van der Waals surface area (Å²) < 4.78 is 13.2. The third kappa shape index (κ3) is 6.55. The Morgan fingerprint density at radius 1 is 1.06 bits per heavy atom. The second-order valence-electron chi connectivity index (χ2n) is 6.89. The lowest BCUT2D eigenvalue weighted by Gasteiger charge is -2.15. The van der Waals surface area contributed by atoms with E-state index in [1.165, 1.54) is 0 Å². The van der Waals surface area contributed by atoms with Crippen LogP contribution in [0.5, 0.6) is 5.75 Å². The van der Waals surface area contributed by atoms with Gasteiger partial charge in [0.15, 0.2) is 11.8 Å². The lowest BCUT2D eigenvalue weighted by molar-refractivity contribution is 0.110. The molecule has 0 saturated carbocycles. The minimum absolute atomic E-state index is 0.486. The van der Waals surface area contributed by atoms with Gasteiger partial charge in [0.25, 0.3) is 0 Å². The first-order valence-corrected chi connectivity index (χ1v) is 10.4. The summed E-state index contributed by atoms with van der Waals surface area (Å²) in [4.78, 5) is 4.31. The first kappa shape index (κ1) is 22.3. The highest BCUT2D eigenvalue weighted by molar-refractivity contribution is 5.79. The molecule has 3 rings (SSSR count). The van der Waals surface area contributed by atoms with E-state index in [1.807, 2.05) is 47.9 Å². The smallest absolute Gasteiger partial charge is 0.191 e. The van der Waals surface area contributed by atoms with Gasteiger partial charge in [-0.05, 0) is 37.6 Å². The van der Waals surface area contributed by atoms with Crippen LogP contribution in [-0.2, 0) is 17.8 Å². The molecule has 0 fully saturated rings. The van der Waals surface area contributed by atoms with E-state index >= 15 is 0 Å². The van der Waals surface area contributed by atoms with E-state index in [0.29, 0.717) is 38.9 Å². The van der Waals surface area contributed by atoms with Crippen molar-refractivity contribution in [1.82, 2.24) is 25.4 Å². The van der Waals surface area contributed by atoms with Gasteiger partial charge in [0, 0.05) is 31.5 Å². The number of hydrogen-bond donors (Lipinski definition) is 2. The topological polar surface area (TPSA) is 85.6 Å². The van der Waals surface area contributed by atoms with Gasteiger partial charge in [0.2, 0.25) is 0 Å². The van der Waals surface area contributed by atoms with E-state index in [9.17, 15) is 0 Å². The van der Waals surface area contributed by atoms with Crippen LogP contribution in [0.25, 0.3) is 5.69 Å². The third-order valence-electron chi connectivity index (χ3n) is 4.65. The van der Waals surface area contributed by atoms with E-state index < -0.39 is 0 Å². The summed E-state index contributed by atoms with van der Waals surface area (Å²) in [5.74, 6) is 2.32. The predicted octanol–water partition coefficient (Wildman–Crippen LogP) is 2.86. The molecule has 31 heavy (non-hydrogen) atoms. The predicted molar refractivity (Wildman–Crippen MR) is 122 cm³/mol. The van der Waals surface area contributed by atoms with Gasteiger partial charge in [0.1, 0.15) is 18.7 Å². The molecule has 8 heteroatoms. The van der Waals surface area contributed by atoms with Crippen LogP contribution in [0.15, 0.2) is 59.9 Å². The molecule has 0 spiro atoms. The molecule has 0 aliphatic carbocycles. The molecule has 8 nitrogen and oxygen atoms in total. The fraction of sp³-hybridized carbons (Fsp3) is 0.348. The number of benzene rings is 2. The van der Waals surface area contributed by atoms with Crippen molar-refractivity contribution in [3.05, 3.63) is 71.8 Å². The molecule has 0 aliphatic rings. The molecule has 0 amide bonds. The molecule has 164 valence electrons. The van der Waals surface area contributed by atoms with Crippen LogP contribution in [-0.4, -0.2) is 47.6 Å². The van der Waals surface area contributed by atoms with Gasteiger partial charge < -0.3 is 20.1 Å². The van der Waals surface area contributed by atoms with Crippen molar-refractivity contribution < 1.29 is 9.47 Å². The summed E-state index contributed by atoms with van der Waals surface area (Å²) in [6.45, 7) is 6.87. The van der Waals surface area contributed by atoms with Crippen LogP contribution in [0.3, 0.4) is 0 Å². The molecule has 0 radical (unpaired) electrons. The maximum atomic E-state index is 5.92. The van der Waals surface area contributed by atoms with Crippen molar-refractivity contribution in [1.29, 1.82) is 0 Å². The molecule has 3 aromatic rings. The van der Waals surface area contributed by atoms with Crippen molar-refractivity contribution in [2.45, 2.75) is 26.9 Å². The first-order chi connectivity index (χ1) is 15.2. The van der Waals surface area contributed by atoms with E-state index in [1.54, 1.807) is 13.4 Å². The third-order valence-corrected chi connectivity index (χ3v) is 4.65.